The van der Waals surface area contributed by atoms with E-state index in [9.17, 15) is 9.59 Å². The van der Waals surface area contributed by atoms with Crippen LogP contribution in [0, 0.1) is 0 Å². The van der Waals surface area contributed by atoms with Gasteiger partial charge in [0.1, 0.15) is 11.4 Å². The van der Waals surface area contributed by atoms with Gasteiger partial charge < -0.3 is 14.8 Å². The van der Waals surface area contributed by atoms with Gasteiger partial charge in [0.05, 0.1) is 7.11 Å². The quantitative estimate of drug-likeness (QED) is 0.669. The van der Waals surface area contributed by atoms with E-state index in [2.05, 4.69) is 10.1 Å². The number of methoxy groups -OCH3 is 1. The third-order valence-electron chi connectivity index (χ3n) is 2.34. The maximum atomic E-state index is 11.7. The number of esters is 1. The van der Waals surface area contributed by atoms with Gasteiger partial charge in [-0.2, -0.15) is 0 Å². The lowest BCUT2D eigenvalue weighted by molar-refractivity contribution is -0.138. The number of carbonyl (C=O) groups excluding carboxylic acids is 2. The van der Waals surface area contributed by atoms with Crippen LogP contribution in [0.5, 0.6) is 5.75 Å². The highest BCUT2D eigenvalue weighted by Gasteiger charge is 2.15. The van der Waals surface area contributed by atoms with Crippen LogP contribution in [-0.2, 0) is 14.3 Å². The molecule has 0 bridgehead atoms. The summed E-state index contributed by atoms with van der Waals surface area (Å²) in [6, 6.07) is 6.62. The van der Waals surface area contributed by atoms with Gasteiger partial charge in [0.25, 0.3) is 5.91 Å². The molecular weight excluding hydrogens is 282 g/mol. The standard InChI is InChI=1S/C14H16ClNO4/c1-9(2)13(14(18)19-3)16-12(17)8-20-11-6-4-10(15)5-7-11/h4-7H,8H2,1-3H3,(H,16,17). The maximum absolute atomic E-state index is 11.7. The van der Waals surface area contributed by atoms with Crippen molar-refractivity contribution in [1.82, 2.24) is 5.32 Å². The van der Waals surface area contributed by atoms with Gasteiger partial charge in [-0.25, -0.2) is 4.79 Å². The first-order valence-corrected chi connectivity index (χ1v) is 6.26. The van der Waals surface area contributed by atoms with E-state index in [0.29, 0.717) is 16.3 Å². The highest BCUT2D eigenvalue weighted by atomic mass is 35.5. The van der Waals surface area contributed by atoms with Crippen LogP contribution in [-0.4, -0.2) is 25.6 Å². The molecule has 0 radical (unpaired) electrons. The van der Waals surface area contributed by atoms with E-state index in [1.165, 1.54) is 7.11 Å². The normalized spacial score (nSPS) is 9.60. The van der Waals surface area contributed by atoms with E-state index < -0.39 is 11.9 Å². The van der Waals surface area contributed by atoms with E-state index in [1.807, 2.05) is 0 Å². The van der Waals surface area contributed by atoms with Gasteiger partial charge in [0, 0.05) is 5.02 Å². The number of carbonyl (C=O) groups is 2. The summed E-state index contributed by atoms with van der Waals surface area (Å²) in [7, 11) is 1.25. The Morgan fingerprint density at radius 2 is 1.80 bits per heavy atom. The van der Waals surface area contributed by atoms with Gasteiger partial charge >= 0.3 is 5.97 Å². The number of hydrogen-bond acceptors (Lipinski definition) is 4. The van der Waals surface area contributed by atoms with Crippen molar-refractivity contribution in [2.75, 3.05) is 13.7 Å². The predicted molar refractivity (Wildman–Crippen MR) is 75.5 cm³/mol. The first-order chi connectivity index (χ1) is 9.43. The van der Waals surface area contributed by atoms with Crippen LogP contribution in [0.3, 0.4) is 0 Å². The number of hydrogen-bond donors (Lipinski definition) is 1. The van der Waals surface area contributed by atoms with Crippen LogP contribution in [0.1, 0.15) is 13.8 Å². The monoisotopic (exact) mass is 297 g/mol. The van der Waals surface area contributed by atoms with Crippen molar-refractivity contribution in [2.24, 2.45) is 0 Å². The minimum Gasteiger partial charge on any atom is -0.484 e. The third kappa shape index (κ3) is 4.93. The number of allylic oxidation sites excluding steroid dienone is 1. The number of halogens is 1. The molecule has 0 unspecified atom stereocenters. The molecule has 108 valence electrons. The van der Waals surface area contributed by atoms with Gasteiger partial charge in [-0.05, 0) is 43.7 Å². The zero-order chi connectivity index (χ0) is 15.1. The SMILES string of the molecule is COC(=O)C(NC(=O)COc1ccc(Cl)cc1)=C(C)C. The second-order valence-electron chi connectivity index (χ2n) is 4.16. The lowest BCUT2D eigenvalue weighted by Gasteiger charge is -2.10. The second kappa shape index (κ2) is 7.55. The van der Waals surface area contributed by atoms with Crippen molar-refractivity contribution in [3.05, 3.63) is 40.6 Å². The molecule has 1 N–H and O–H groups in total. The van der Waals surface area contributed by atoms with E-state index in [4.69, 9.17) is 16.3 Å². The first-order valence-electron chi connectivity index (χ1n) is 5.88. The van der Waals surface area contributed by atoms with Crippen molar-refractivity contribution in [1.29, 1.82) is 0 Å². The molecule has 0 aliphatic carbocycles. The van der Waals surface area contributed by atoms with Crippen LogP contribution < -0.4 is 10.1 Å². The van der Waals surface area contributed by atoms with E-state index in [1.54, 1.807) is 38.1 Å². The summed E-state index contributed by atoms with van der Waals surface area (Å²) in [6.45, 7) is 3.19. The summed E-state index contributed by atoms with van der Waals surface area (Å²) in [5, 5.41) is 3.05. The molecule has 0 heterocycles. The molecule has 1 aromatic carbocycles. The Morgan fingerprint density at radius 3 is 2.30 bits per heavy atom. The number of amides is 1. The minimum absolute atomic E-state index is 0.122. The fourth-order valence-electron chi connectivity index (χ4n) is 1.34. The summed E-state index contributed by atoms with van der Waals surface area (Å²) in [5.41, 5.74) is 0.772. The Bertz CT molecular complexity index is 518. The molecule has 0 aromatic heterocycles. The summed E-state index contributed by atoms with van der Waals surface area (Å²) in [4.78, 5) is 23.2. The van der Waals surface area contributed by atoms with Crippen molar-refractivity contribution < 1.29 is 19.1 Å². The van der Waals surface area contributed by atoms with E-state index in [-0.39, 0.29) is 12.3 Å². The Hall–Kier alpha value is -2.01. The number of ether oxygens (including phenoxy) is 2. The van der Waals surface area contributed by atoms with Crippen molar-refractivity contribution >= 4 is 23.5 Å². The van der Waals surface area contributed by atoms with Crippen LogP contribution in [0.15, 0.2) is 35.5 Å². The van der Waals surface area contributed by atoms with Crippen molar-refractivity contribution in [3.63, 3.8) is 0 Å². The highest BCUT2D eigenvalue weighted by molar-refractivity contribution is 6.30. The number of benzene rings is 1. The van der Waals surface area contributed by atoms with Gasteiger partial charge in [-0.1, -0.05) is 11.6 Å². The fourth-order valence-corrected chi connectivity index (χ4v) is 1.46. The van der Waals surface area contributed by atoms with Gasteiger partial charge in [-0.15, -0.1) is 0 Å². The molecule has 0 aliphatic rings. The van der Waals surface area contributed by atoms with Crippen molar-refractivity contribution in [2.45, 2.75) is 13.8 Å². The summed E-state index contributed by atoms with van der Waals surface area (Å²) in [5.74, 6) is -0.521. The average Bonchev–Trinajstić information content (AvgIpc) is 2.43. The van der Waals surface area contributed by atoms with Crippen LogP contribution >= 0.6 is 11.6 Å². The lowest BCUT2D eigenvalue weighted by Crippen LogP contribution is -2.32. The molecule has 0 spiro atoms. The molecule has 20 heavy (non-hydrogen) atoms. The second-order valence-corrected chi connectivity index (χ2v) is 4.59. The highest BCUT2D eigenvalue weighted by Crippen LogP contribution is 2.15. The first kappa shape index (κ1) is 16.0. The maximum Gasteiger partial charge on any atom is 0.354 e. The Balaban J connectivity index is 2.57. The van der Waals surface area contributed by atoms with Crippen LogP contribution in [0.4, 0.5) is 0 Å². The van der Waals surface area contributed by atoms with Gasteiger partial charge in [0.15, 0.2) is 6.61 Å². The molecule has 0 atom stereocenters. The Labute approximate surface area is 122 Å². The number of nitrogens with one attached hydrogen (secondary N) is 1. The zero-order valence-corrected chi connectivity index (χ0v) is 12.3. The summed E-state index contributed by atoms with van der Waals surface area (Å²) >= 11 is 5.74. The largest absolute Gasteiger partial charge is 0.484 e. The summed E-state index contributed by atoms with van der Waals surface area (Å²) in [6.07, 6.45) is 0. The molecule has 0 saturated heterocycles. The molecule has 1 aromatic rings. The minimum atomic E-state index is -0.593. The van der Waals surface area contributed by atoms with E-state index >= 15 is 0 Å². The molecule has 1 rings (SSSR count). The fraction of sp³-hybridized carbons (Fsp3) is 0.286. The van der Waals surface area contributed by atoms with Crippen LogP contribution in [0.25, 0.3) is 0 Å². The molecule has 0 aliphatic heterocycles. The molecule has 1 amide bonds. The molecular formula is C14H16ClNO4. The van der Waals surface area contributed by atoms with E-state index in [0.717, 1.165) is 0 Å². The topological polar surface area (TPSA) is 64.6 Å². The molecule has 0 fully saturated rings. The van der Waals surface area contributed by atoms with Gasteiger partial charge in [0.2, 0.25) is 0 Å². The van der Waals surface area contributed by atoms with Crippen molar-refractivity contribution in [3.8, 4) is 5.75 Å². The van der Waals surface area contributed by atoms with Crippen LogP contribution in [0.2, 0.25) is 5.02 Å². The smallest absolute Gasteiger partial charge is 0.354 e. The lowest BCUT2D eigenvalue weighted by atomic mass is 10.2. The zero-order valence-electron chi connectivity index (χ0n) is 11.5. The predicted octanol–water partition coefficient (Wildman–Crippen LogP) is 2.30. The summed E-state index contributed by atoms with van der Waals surface area (Å²) < 4.78 is 9.85. The number of rotatable bonds is 5. The Morgan fingerprint density at radius 1 is 1.20 bits per heavy atom. The molecule has 5 nitrogen and oxygen atoms in total. The molecule has 6 heteroatoms. The molecule has 0 saturated carbocycles. The Kier molecular flexibility index (Phi) is 6.06. The average molecular weight is 298 g/mol. The third-order valence-corrected chi connectivity index (χ3v) is 2.59. The van der Waals surface area contributed by atoms with Gasteiger partial charge in [-0.3, -0.25) is 4.79 Å².